The lowest BCUT2D eigenvalue weighted by Crippen LogP contribution is -2.44. The van der Waals surface area contributed by atoms with Gasteiger partial charge in [0.05, 0.1) is 0 Å². The Hall–Kier alpha value is -1.35. The van der Waals surface area contributed by atoms with Crippen LogP contribution in [0.4, 0.5) is 10.1 Å². The molecule has 0 spiro atoms. The van der Waals surface area contributed by atoms with Gasteiger partial charge >= 0.3 is 0 Å². The van der Waals surface area contributed by atoms with Crippen LogP contribution in [-0.4, -0.2) is 26.2 Å². The molecule has 1 aliphatic carbocycles. The Kier molecular flexibility index (Phi) is 4.26. The molecule has 1 N–H and O–H groups in total. The van der Waals surface area contributed by atoms with Crippen molar-refractivity contribution in [3.63, 3.8) is 0 Å². The summed E-state index contributed by atoms with van der Waals surface area (Å²) < 4.78 is 14.8. The summed E-state index contributed by atoms with van der Waals surface area (Å²) in [5.74, 6) is -0.0826. The van der Waals surface area contributed by atoms with Gasteiger partial charge in [0.2, 0.25) is 0 Å². The van der Waals surface area contributed by atoms with E-state index in [0.717, 1.165) is 50.3 Å². The number of piperazine rings is 1. The molecule has 0 atom stereocenters. The van der Waals surface area contributed by atoms with Gasteiger partial charge in [0, 0.05) is 37.4 Å². The van der Waals surface area contributed by atoms with E-state index in [0.29, 0.717) is 0 Å². The minimum absolute atomic E-state index is 0.0826. The molecule has 0 amide bonds. The molecule has 2 aliphatic rings. The van der Waals surface area contributed by atoms with Crippen molar-refractivity contribution in [1.29, 1.82) is 0 Å². The monoisotopic (exact) mass is 316 g/mol. The van der Waals surface area contributed by atoms with Crippen LogP contribution in [0.3, 0.4) is 0 Å². The molecule has 0 bridgehead atoms. The number of allylic oxidation sites excluding steroid dienone is 2. The second-order valence-electron chi connectivity index (χ2n) is 8.55. The van der Waals surface area contributed by atoms with Crippen molar-refractivity contribution in [2.24, 2.45) is 10.8 Å². The van der Waals surface area contributed by atoms with Crippen molar-refractivity contribution in [2.45, 2.75) is 40.5 Å². The molecule has 1 fully saturated rings. The van der Waals surface area contributed by atoms with E-state index in [1.54, 1.807) is 6.07 Å². The quantitative estimate of drug-likeness (QED) is 0.866. The van der Waals surface area contributed by atoms with E-state index in [2.05, 4.69) is 50.1 Å². The Morgan fingerprint density at radius 1 is 1.09 bits per heavy atom. The number of nitrogens with one attached hydrogen (secondary N) is 1. The lowest BCUT2D eigenvalue weighted by Gasteiger charge is -2.40. The van der Waals surface area contributed by atoms with Gasteiger partial charge in [-0.15, -0.1) is 0 Å². The predicted molar refractivity (Wildman–Crippen MR) is 96.3 cm³/mol. The van der Waals surface area contributed by atoms with Crippen molar-refractivity contribution in [2.75, 3.05) is 31.1 Å². The number of hydrogen-bond acceptors (Lipinski definition) is 2. The molecule has 1 heterocycles. The van der Waals surface area contributed by atoms with Gasteiger partial charge in [0.25, 0.3) is 0 Å². The molecule has 0 saturated carbocycles. The van der Waals surface area contributed by atoms with Gasteiger partial charge in [-0.2, -0.15) is 0 Å². The number of hydrogen-bond donors (Lipinski definition) is 1. The van der Waals surface area contributed by atoms with Crippen LogP contribution in [-0.2, 0) is 0 Å². The van der Waals surface area contributed by atoms with Gasteiger partial charge in [0.1, 0.15) is 5.82 Å². The summed E-state index contributed by atoms with van der Waals surface area (Å²) in [5, 5.41) is 3.37. The third-order valence-electron chi connectivity index (χ3n) is 4.94. The summed E-state index contributed by atoms with van der Waals surface area (Å²) >= 11 is 0. The first-order valence-corrected chi connectivity index (χ1v) is 8.74. The maximum atomic E-state index is 14.8. The zero-order valence-corrected chi connectivity index (χ0v) is 14.9. The van der Waals surface area contributed by atoms with Gasteiger partial charge in [-0.25, -0.2) is 4.39 Å². The van der Waals surface area contributed by atoms with Crippen LogP contribution in [0.15, 0.2) is 24.3 Å². The Balaban J connectivity index is 2.06. The van der Waals surface area contributed by atoms with E-state index < -0.39 is 0 Å². The highest BCUT2D eigenvalue weighted by Crippen LogP contribution is 2.49. The third-order valence-corrected chi connectivity index (χ3v) is 4.94. The van der Waals surface area contributed by atoms with Crippen LogP contribution in [0.25, 0.3) is 5.57 Å². The van der Waals surface area contributed by atoms with E-state index in [1.807, 2.05) is 6.07 Å². The number of nitrogens with zero attached hydrogens (tertiary/aromatic N) is 1. The Morgan fingerprint density at radius 2 is 1.78 bits per heavy atom. The van der Waals surface area contributed by atoms with Crippen LogP contribution >= 0.6 is 0 Å². The minimum atomic E-state index is -0.0826. The fourth-order valence-electron chi connectivity index (χ4n) is 4.55. The first kappa shape index (κ1) is 16.5. The standard InChI is InChI=1S/C20H29FN2/c1-19(2)12-15(13-20(3,4)14-19)18-16(21)6-5-7-17(18)23-10-8-22-9-11-23/h5-7,12,22H,8-11,13-14H2,1-4H3. The largest absolute Gasteiger partial charge is 0.368 e. The lowest BCUT2D eigenvalue weighted by molar-refractivity contribution is 0.228. The minimum Gasteiger partial charge on any atom is -0.368 e. The molecule has 1 aromatic carbocycles. The highest BCUT2D eigenvalue weighted by atomic mass is 19.1. The van der Waals surface area contributed by atoms with Crippen LogP contribution in [0.2, 0.25) is 0 Å². The van der Waals surface area contributed by atoms with E-state index in [4.69, 9.17) is 0 Å². The molecule has 0 radical (unpaired) electrons. The third kappa shape index (κ3) is 3.60. The van der Waals surface area contributed by atoms with E-state index in [9.17, 15) is 4.39 Å². The molecule has 0 unspecified atom stereocenters. The summed E-state index contributed by atoms with van der Waals surface area (Å²) in [7, 11) is 0. The molecule has 0 aromatic heterocycles. The van der Waals surface area contributed by atoms with Gasteiger partial charge in [0.15, 0.2) is 0 Å². The Bertz CT molecular complexity index is 610. The zero-order chi connectivity index (χ0) is 16.7. The lowest BCUT2D eigenvalue weighted by atomic mass is 9.65. The summed E-state index contributed by atoms with van der Waals surface area (Å²) in [4.78, 5) is 2.32. The highest BCUT2D eigenvalue weighted by Gasteiger charge is 2.35. The average molecular weight is 316 g/mol. The fraction of sp³-hybridized carbons (Fsp3) is 0.600. The van der Waals surface area contributed by atoms with Gasteiger partial charge in [-0.3, -0.25) is 0 Å². The van der Waals surface area contributed by atoms with Gasteiger partial charge in [-0.05, 0) is 41.4 Å². The van der Waals surface area contributed by atoms with Crippen molar-refractivity contribution >= 4 is 11.3 Å². The maximum Gasteiger partial charge on any atom is 0.132 e. The predicted octanol–water partition coefficient (Wildman–Crippen LogP) is 4.46. The second-order valence-corrected chi connectivity index (χ2v) is 8.55. The molecule has 2 nitrogen and oxygen atoms in total. The smallest absolute Gasteiger partial charge is 0.132 e. The summed E-state index contributed by atoms with van der Waals surface area (Å²) in [6, 6.07) is 5.53. The fourth-order valence-corrected chi connectivity index (χ4v) is 4.55. The number of benzene rings is 1. The Morgan fingerprint density at radius 3 is 2.43 bits per heavy atom. The van der Waals surface area contributed by atoms with E-state index >= 15 is 0 Å². The van der Waals surface area contributed by atoms with Gasteiger partial charge in [-0.1, -0.05) is 39.8 Å². The molecular formula is C20H29FN2. The molecule has 1 aromatic rings. The SMILES string of the molecule is CC1(C)C=C(c2c(F)cccc2N2CCNCC2)CC(C)(C)C1. The Labute approximate surface area is 139 Å². The van der Waals surface area contributed by atoms with Crippen molar-refractivity contribution < 1.29 is 4.39 Å². The van der Waals surface area contributed by atoms with E-state index in [1.165, 1.54) is 5.57 Å². The molecule has 1 saturated heterocycles. The zero-order valence-electron chi connectivity index (χ0n) is 14.9. The van der Waals surface area contributed by atoms with Crippen molar-refractivity contribution in [3.8, 4) is 0 Å². The number of rotatable bonds is 2. The summed E-state index contributed by atoms with van der Waals surface area (Å²) in [6.45, 7) is 12.9. The summed E-state index contributed by atoms with van der Waals surface area (Å²) in [5.41, 5.74) is 3.39. The van der Waals surface area contributed by atoms with Crippen LogP contribution in [0, 0.1) is 16.6 Å². The molecule has 126 valence electrons. The van der Waals surface area contributed by atoms with Gasteiger partial charge < -0.3 is 10.2 Å². The summed E-state index contributed by atoms with van der Waals surface area (Å²) in [6.07, 6.45) is 4.39. The first-order chi connectivity index (χ1) is 10.8. The average Bonchev–Trinajstić information content (AvgIpc) is 2.44. The van der Waals surface area contributed by atoms with Crippen molar-refractivity contribution in [3.05, 3.63) is 35.7 Å². The molecule has 1 aliphatic heterocycles. The topological polar surface area (TPSA) is 15.3 Å². The molecule has 3 rings (SSSR count). The molecular weight excluding hydrogens is 287 g/mol. The normalized spacial score (nSPS) is 23.5. The van der Waals surface area contributed by atoms with Crippen LogP contribution in [0.5, 0.6) is 0 Å². The molecule has 23 heavy (non-hydrogen) atoms. The highest BCUT2D eigenvalue weighted by molar-refractivity contribution is 5.79. The number of anilines is 1. The maximum absolute atomic E-state index is 14.8. The van der Waals surface area contributed by atoms with Crippen LogP contribution in [0.1, 0.15) is 46.1 Å². The first-order valence-electron chi connectivity index (χ1n) is 8.74. The van der Waals surface area contributed by atoms with Crippen molar-refractivity contribution in [1.82, 2.24) is 5.32 Å². The number of halogens is 1. The van der Waals surface area contributed by atoms with E-state index in [-0.39, 0.29) is 16.6 Å². The second kappa shape index (κ2) is 5.94. The molecule has 3 heteroatoms. The van der Waals surface area contributed by atoms with Crippen LogP contribution < -0.4 is 10.2 Å².